The van der Waals surface area contributed by atoms with Gasteiger partial charge in [0.25, 0.3) is 0 Å². The van der Waals surface area contributed by atoms with E-state index in [4.69, 9.17) is 0 Å². The molecule has 2 atom stereocenters. The van der Waals surface area contributed by atoms with Crippen molar-refractivity contribution in [2.75, 3.05) is 0 Å². The molecule has 0 amide bonds. The zero-order valence-electron chi connectivity index (χ0n) is 11.9. The summed E-state index contributed by atoms with van der Waals surface area (Å²) >= 11 is 0. The van der Waals surface area contributed by atoms with E-state index in [0.717, 1.165) is 11.8 Å². The maximum Gasteiger partial charge on any atom is 0.0992 e. The standard InChI is InChI=1S/C17H22N2/c1-12-6-15(16-9-18-11-19(16)10-12)17(2)7-13-4-3-5-14(13)8-17/h6,9-11,13-14H,3-5,7-8H2,1-2H3. The number of aryl methyl sites for hydroxylation is 1. The number of fused-ring (bicyclic) bond motifs is 2. The summed E-state index contributed by atoms with van der Waals surface area (Å²) in [6.45, 7) is 4.68. The second-order valence-corrected chi connectivity index (χ2v) is 7.04. The van der Waals surface area contributed by atoms with Crippen molar-refractivity contribution in [2.24, 2.45) is 11.8 Å². The van der Waals surface area contributed by atoms with Crippen LogP contribution in [0.4, 0.5) is 0 Å². The van der Waals surface area contributed by atoms with Crippen molar-refractivity contribution in [2.45, 2.75) is 51.4 Å². The van der Waals surface area contributed by atoms with E-state index in [1.165, 1.54) is 48.7 Å². The van der Waals surface area contributed by atoms with Gasteiger partial charge in [-0.25, -0.2) is 4.98 Å². The Kier molecular flexibility index (Phi) is 2.33. The van der Waals surface area contributed by atoms with Crippen molar-refractivity contribution >= 4 is 5.52 Å². The van der Waals surface area contributed by atoms with Gasteiger partial charge in [0.05, 0.1) is 18.0 Å². The molecule has 19 heavy (non-hydrogen) atoms. The van der Waals surface area contributed by atoms with Crippen LogP contribution >= 0.6 is 0 Å². The predicted octanol–water partition coefficient (Wildman–Crippen LogP) is 4.11. The SMILES string of the molecule is Cc1cc(C2(C)CC3CCCC3C2)c2cncn2c1. The Bertz CT molecular complexity index is 613. The molecule has 0 bridgehead atoms. The summed E-state index contributed by atoms with van der Waals surface area (Å²) in [5.41, 5.74) is 4.55. The predicted molar refractivity (Wildman–Crippen MR) is 77.3 cm³/mol. The number of aromatic nitrogens is 2. The Labute approximate surface area is 114 Å². The molecule has 0 spiro atoms. The third-order valence-corrected chi connectivity index (χ3v) is 5.55. The van der Waals surface area contributed by atoms with Crippen LogP contribution in [0.3, 0.4) is 0 Å². The van der Waals surface area contributed by atoms with Crippen LogP contribution < -0.4 is 0 Å². The smallest absolute Gasteiger partial charge is 0.0992 e. The molecule has 2 aromatic rings. The molecule has 2 saturated carbocycles. The second kappa shape index (κ2) is 3.84. The van der Waals surface area contributed by atoms with Crippen LogP contribution in [-0.2, 0) is 5.41 Å². The van der Waals surface area contributed by atoms with Crippen molar-refractivity contribution in [3.63, 3.8) is 0 Å². The largest absolute Gasteiger partial charge is 0.306 e. The van der Waals surface area contributed by atoms with Gasteiger partial charge in [-0.2, -0.15) is 0 Å². The molecule has 0 aliphatic heterocycles. The molecule has 2 aliphatic carbocycles. The third-order valence-electron chi connectivity index (χ3n) is 5.55. The summed E-state index contributed by atoms with van der Waals surface area (Å²) in [6, 6.07) is 2.40. The fourth-order valence-corrected chi connectivity index (χ4v) is 4.77. The summed E-state index contributed by atoms with van der Waals surface area (Å²) in [6.07, 6.45) is 13.3. The Morgan fingerprint density at radius 1 is 1.26 bits per heavy atom. The Morgan fingerprint density at radius 3 is 2.74 bits per heavy atom. The lowest BCUT2D eigenvalue weighted by molar-refractivity contribution is 0.442. The topological polar surface area (TPSA) is 17.3 Å². The van der Waals surface area contributed by atoms with Gasteiger partial charge < -0.3 is 4.40 Å². The summed E-state index contributed by atoms with van der Waals surface area (Å²) in [7, 11) is 0. The molecule has 2 heterocycles. The van der Waals surface area contributed by atoms with Gasteiger partial charge in [0.15, 0.2) is 0 Å². The molecule has 0 radical (unpaired) electrons. The van der Waals surface area contributed by atoms with Crippen molar-refractivity contribution in [1.29, 1.82) is 0 Å². The van der Waals surface area contributed by atoms with Gasteiger partial charge >= 0.3 is 0 Å². The molecule has 2 unspecified atom stereocenters. The highest BCUT2D eigenvalue weighted by molar-refractivity contribution is 5.58. The van der Waals surface area contributed by atoms with E-state index in [2.05, 4.69) is 35.5 Å². The van der Waals surface area contributed by atoms with Crippen molar-refractivity contribution < 1.29 is 0 Å². The highest BCUT2D eigenvalue weighted by atomic mass is 15.0. The lowest BCUT2D eigenvalue weighted by atomic mass is 9.78. The van der Waals surface area contributed by atoms with Crippen LogP contribution in [0.5, 0.6) is 0 Å². The maximum absolute atomic E-state index is 4.34. The molecule has 2 nitrogen and oxygen atoms in total. The number of rotatable bonds is 1. The first-order valence-electron chi connectivity index (χ1n) is 7.58. The van der Waals surface area contributed by atoms with E-state index < -0.39 is 0 Å². The molecule has 2 heteroatoms. The minimum Gasteiger partial charge on any atom is -0.306 e. The van der Waals surface area contributed by atoms with Gasteiger partial charge in [0, 0.05) is 6.20 Å². The molecular weight excluding hydrogens is 232 g/mol. The van der Waals surface area contributed by atoms with Gasteiger partial charge in [-0.3, -0.25) is 0 Å². The fraction of sp³-hybridized carbons (Fsp3) is 0.588. The molecule has 0 saturated heterocycles. The molecule has 0 N–H and O–H groups in total. The number of pyridine rings is 1. The van der Waals surface area contributed by atoms with E-state index >= 15 is 0 Å². The van der Waals surface area contributed by atoms with E-state index in [1.54, 1.807) is 0 Å². The average molecular weight is 254 g/mol. The average Bonchev–Trinajstić information content (AvgIpc) is 3.01. The second-order valence-electron chi connectivity index (χ2n) is 7.04. The zero-order valence-corrected chi connectivity index (χ0v) is 11.9. The van der Waals surface area contributed by atoms with E-state index in [1.807, 2.05) is 12.5 Å². The maximum atomic E-state index is 4.34. The normalized spacial score (nSPS) is 34.0. The highest BCUT2D eigenvalue weighted by Crippen LogP contribution is 2.54. The lowest BCUT2D eigenvalue weighted by Crippen LogP contribution is -2.20. The number of nitrogens with zero attached hydrogens (tertiary/aromatic N) is 2. The zero-order chi connectivity index (χ0) is 13.0. The van der Waals surface area contributed by atoms with Crippen LogP contribution in [0.1, 0.15) is 50.2 Å². The van der Waals surface area contributed by atoms with E-state index in [0.29, 0.717) is 5.41 Å². The third kappa shape index (κ3) is 1.65. The summed E-state index contributed by atoms with van der Waals surface area (Å²) in [5.74, 6) is 1.96. The monoisotopic (exact) mass is 254 g/mol. The first kappa shape index (κ1) is 11.5. The van der Waals surface area contributed by atoms with E-state index in [9.17, 15) is 0 Å². The van der Waals surface area contributed by atoms with Gasteiger partial charge in [-0.15, -0.1) is 0 Å². The van der Waals surface area contributed by atoms with Crippen LogP contribution in [0.2, 0.25) is 0 Å². The van der Waals surface area contributed by atoms with Crippen molar-refractivity contribution in [3.8, 4) is 0 Å². The van der Waals surface area contributed by atoms with E-state index in [-0.39, 0.29) is 0 Å². The van der Waals surface area contributed by atoms with Gasteiger partial charge in [0.1, 0.15) is 0 Å². The van der Waals surface area contributed by atoms with Crippen LogP contribution in [0.25, 0.3) is 5.52 Å². The summed E-state index contributed by atoms with van der Waals surface area (Å²) in [5, 5.41) is 0. The minimum absolute atomic E-state index is 0.364. The molecule has 100 valence electrons. The van der Waals surface area contributed by atoms with Gasteiger partial charge in [0.2, 0.25) is 0 Å². The molecular formula is C17H22N2. The first-order chi connectivity index (χ1) is 9.16. The highest BCUT2D eigenvalue weighted by Gasteiger charge is 2.45. The quantitative estimate of drug-likeness (QED) is 0.748. The Hall–Kier alpha value is -1.31. The first-order valence-corrected chi connectivity index (χ1v) is 7.58. The van der Waals surface area contributed by atoms with Gasteiger partial charge in [-0.05, 0) is 48.1 Å². The molecule has 2 aromatic heterocycles. The Morgan fingerprint density at radius 2 is 2.00 bits per heavy atom. The summed E-state index contributed by atoms with van der Waals surface area (Å²) < 4.78 is 2.20. The van der Waals surface area contributed by atoms with Crippen LogP contribution in [-0.4, -0.2) is 9.38 Å². The van der Waals surface area contributed by atoms with Crippen LogP contribution in [0, 0.1) is 18.8 Å². The van der Waals surface area contributed by atoms with Gasteiger partial charge in [-0.1, -0.05) is 32.3 Å². The molecule has 2 fully saturated rings. The van der Waals surface area contributed by atoms with Crippen molar-refractivity contribution in [3.05, 3.63) is 35.9 Å². The number of hydrogen-bond acceptors (Lipinski definition) is 1. The van der Waals surface area contributed by atoms with Crippen LogP contribution in [0.15, 0.2) is 24.8 Å². The summed E-state index contributed by atoms with van der Waals surface area (Å²) in [4.78, 5) is 4.34. The molecule has 4 rings (SSSR count). The lowest BCUT2D eigenvalue weighted by Gasteiger charge is -2.27. The van der Waals surface area contributed by atoms with Crippen molar-refractivity contribution in [1.82, 2.24) is 9.38 Å². The minimum atomic E-state index is 0.364. The molecule has 0 aromatic carbocycles. The Balaban J connectivity index is 1.83. The number of hydrogen-bond donors (Lipinski definition) is 0. The molecule has 2 aliphatic rings. The number of imidazole rings is 1. The fourth-order valence-electron chi connectivity index (χ4n) is 4.77.